The first kappa shape index (κ1) is 14.9. The van der Waals surface area contributed by atoms with E-state index in [-0.39, 0.29) is 5.57 Å². The van der Waals surface area contributed by atoms with Crippen molar-refractivity contribution in [3.8, 4) is 0 Å². The molecule has 0 radical (unpaired) electrons. The lowest BCUT2D eigenvalue weighted by atomic mass is 9.93. The fraction of sp³-hybridized carbons (Fsp3) is 0.0625. The van der Waals surface area contributed by atoms with Crippen LogP contribution >= 0.6 is 11.6 Å². The fourth-order valence-electron chi connectivity index (χ4n) is 2.12. The Labute approximate surface area is 126 Å². The highest BCUT2D eigenvalue weighted by Gasteiger charge is 2.29. The standard InChI is InChI=1S/C16H12ClNO3/c17-15(19)11-14(12-7-3-1-4-8-12)16(18(20)21)13-9-5-2-6-10-13/h1-11,16H/b14-11+/t16-/m1/s1. The molecule has 0 aliphatic carbocycles. The average molecular weight is 302 g/mol. The molecule has 0 heterocycles. The quantitative estimate of drug-likeness (QED) is 0.365. The molecule has 2 aromatic rings. The van der Waals surface area contributed by atoms with Crippen molar-refractivity contribution >= 4 is 22.4 Å². The van der Waals surface area contributed by atoms with Crippen molar-refractivity contribution in [3.63, 3.8) is 0 Å². The smallest absolute Gasteiger partial charge is 0.263 e. The Kier molecular flexibility index (Phi) is 4.85. The van der Waals surface area contributed by atoms with Gasteiger partial charge in [-0.1, -0.05) is 60.7 Å². The molecule has 0 saturated carbocycles. The number of carbonyl (C=O) groups excluding carboxylic acids is 1. The lowest BCUT2D eigenvalue weighted by molar-refractivity contribution is -0.511. The summed E-state index contributed by atoms with van der Waals surface area (Å²) in [6.07, 6.45) is 1.11. The van der Waals surface area contributed by atoms with Crippen molar-refractivity contribution in [2.75, 3.05) is 0 Å². The van der Waals surface area contributed by atoms with Gasteiger partial charge in [-0.25, -0.2) is 0 Å². The highest BCUT2D eigenvalue weighted by molar-refractivity contribution is 6.67. The van der Waals surface area contributed by atoms with Crippen LogP contribution in [0.3, 0.4) is 0 Å². The highest BCUT2D eigenvalue weighted by Crippen LogP contribution is 2.32. The fourth-order valence-corrected chi connectivity index (χ4v) is 2.24. The summed E-state index contributed by atoms with van der Waals surface area (Å²) in [5.74, 6) is 0. The van der Waals surface area contributed by atoms with Crippen molar-refractivity contribution in [2.24, 2.45) is 0 Å². The van der Waals surface area contributed by atoms with E-state index in [0.29, 0.717) is 11.1 Å². The Bertz CT molecular complexity index is 668. The topological polar surface area (TPSA) is 60.2 Å². The van der Waals surface area contributed by atoms with Crippen molar-refractivity contribution in [3.05, 3.63) is 88.0 Å². The van der Waals surface area contributed by atoms with E-state index in [0.717, 1.165) is 6.08 Å². The number of allylic oxidation sites excluding steroid dienone is 1. The Morgan fingerprint density at radius 3 is 2.05 bits per heavy atom. The molecule has 0 bridgehead atoms. The van der Waals surface area contributed by atoms with Crippen LogP contribution in [0.25, 0.3) is 5.57 Å². The lowest BCUT2D eigenvalue weighted by Gasteiger charge is -2.14. The predicted octanol–water partition coefficient (Wildman–Crippen LogP) is 3.85. The maximum Gasteiger partial charge on any atom is 0.263 e. The van der Waals surface area contributed by atoms with Crippen LogP contribution in [0.5, 0.6) is 0 Å². The molecule has 106 valence electrons. The third-order valence-electron chi connectivity index (χ3n) is 3.00. The second-order valence-electron chi connectivity index (χ2n) is 4.37. The third-order valence-corrected chi connectivity index (χ3v) is 3.11. The first-order valence-corrected chi connectivity index (χ1v) is 6.62. The Balaban J connectivity index is 2.58. The molecule has 21 heavy (non-hydrogen) atoms. The number of nitrogens with zero attached hydrogens (tertiary/aromatic N) is 1. The molecular formula is C16H12ClNO3. The van der Waals surface area contributed by atoms with Gasteiger partial charge in [0.25, 0.3) is 6.04 Å². The number of hydrogen-bond donors (Lipinski definition) is 0. The van der Waals surface area contributed by atoms with E-state index in [9.17, 15) is 14.9 Å². The zero-order valence-corrected chi connectivity index (χ0v) is 11.7. The number of rotatable bonds is 5. The number of carbonyl (C=O) groups is 1. The van der Waals surface area contributed by atoms with Crippen LogP contribution in [0.1, 0.15) is 17.2 Å². The molecule has 0 fully saturated rings. The van der Waals surface area contributed by atoms with Gasteiger partial charge in [0, 0.05) is 22.1 Å². The van der Waals surface area contributed by atoms with Gasteiger partial charge in [0.1, 0.15) is 0 Å². The Hall–Kier alpha value is -2.46. The van der Waals surface area contributed by atoms with E-state index >= 15 is 0 Å². The Morgan fingerprint density at radius 1 is 1.05 bits per heavy atom. The van der Waals surface area contributed by atoms with Gasteiger partial charge in [-0.3, -0.25) is 14.9 Å². The zero-order valence-electron chi connectivity index (χ0n) is 11.0. The van der Waals surface area contributed by atoms with Gasteiger partial charge in [0.05, 0.1) is 0 Å². The monoisotopic (exact) mass is 301 g/mol. The van der Waals surface area contributed by atoms with Gasteiger partial charge in [-0.05, 0) is 17.2 Å². The number of halogens is 1. The molecule has 0 unspecified atom stereocenters. The summed E-state index contributed by atoms with van der Waals surface area (Å²) in [7, 11) is 0. The van der Waals surface area contributed by atoms with Crippen LogP contribution in [-0.2, 0) is 4.79 Å². The summed E-state index contributed by atoms with van der Waals surface area (Å²) in [6.45, 7) is 0. The van der Waals surface area contributed by atoms with Crippen molar-refractivity contribution in [2.45, 2.75) is 6.04 Å². The van der Waals surface area contributed by atoms with Crippen LogP contribution in [0.2, 0.25) is 0 Å². The van der Waals surface area contributed by atoms with Gasteiger partial charge in [0.2, 0.25) is 5.24 Å². The van der Waals surface area contributed by atoms with Crippen molar-refractivity contribution in [1.29, 1.82) is 0 Å². The molecule has 0 N–H and O–H groups in total. The normalized spacial score (nSPS) is 12.7. The predicted molar refractivity (Wildman–Crippen MR) is 81.5 cm³/mol. The third kappa shape index (κ3) is 3.77. The number of benzene rings is 2. The molecule has 0 aliphatic heterocycles. The zero-order chi connectivity index (χ0) is 15.2. The second-order valence-corrected chi connectivity index (χ2v) is 4.74. The summed E-state index contributed by atoms with van der Waals surface area (Å²) < 4.78 is 0. The maximum atomic E-state index is 11.5. The minimum Gasteiger partial charge on any atom is -0.276 e. The van der Waals surface area contributed by atoms with E-state index < -0.39 is 16.2 Å². The van der Waals surface area contributed by atoms with Gasteiger partial charge in [0.15, 0.2) is 0 Å². The largest absolute Gasteiger partial charge is 0.276 e. The average Bonchev–Trinajstić information content (AvgIpc) is 2.48. The molecule has 1 atom stereocenters. The van der Waals surface area contributed by atoms with E-state index in [4.69, 9.17) is 11.6 Å². The van der Waals surface area contributed by atoms with Crippen LogP contribution < -0.4 is 0 Å². The second kappa shape index (κ2) is 6.81. The molecular weight excluding hydrogens is 290 g/mol. The van der Waals surface area contributed by atoms with Gasteiger partial charge < -0.3 is 0 Å². The molecule has 0 spiro atoms. The molecule has 4 nitrogen and oxygen atoms in total. The van der Waals surface area contributed by atoms with Crippen LogP contribution in [0.15, 0.2) is 66.7 Å². The Morgan fingerprint density at radius 2 is 1.57 bits per heavy atom. The molecule has 0 saturated heterocycles. The van der Waals surface area contributed by atoms with Gasteiger partial charge >= 0.3 is 0 Å². The van der Waals surface area contributed by atoms with Crippen LogP contribution in [0.4, 0.5) is 0 Å². The molecule has 2 aromatic carbocycles. The summed E-state index contributed by atoms with van der Waals surface area (Å²) in [5, 5.41) is 10.8. The molecule has 0 aromatic heterocycles. The lowest BCUT2D eigenvalue weighted by Crippen LogP contribution is -2.13. The van der Waals surface area contributed by atoms with E-state index in [1.165, 1.54) is 0 Å². The molecule has 5 heteroatoms. The van der Waals surface area contributed by atoms with Crippen molar-refractivity contribution < 1.29 is 9.72 Å². The molecule has 2 rings (SSSR count). The summed E-state index contributed by atoms with van der Waals surface area (Å²) >= 11 is 5.42. The minimum absolute atomic E-state index is 0.270. The van der Waals surface area contributed by atoms with Crippen LogP contribution in [-0.4, -0.2) is 10.2 Å². The SMILES string of the molecule is O=C(Cl)/C=C(\c1ccccc1)[C@@H](c1ccccc1)[N+](=O)[O-]. The van der Waals surface area contributed by atoms with E-state index in [1.807, 2.05) is 0 Å². The van der Waals surface area contributed by atoms with E-state index in [1.54, 1.807) is 60.7 Å². The minimum atomic E-state index is -1.14. The first-order valence-electron chi connectivity index (χ1n) is 6.24. The summed E-state index contributed by atoms with van der Waals surface area (Å²) in [5.41, 5.74) is 1.36. The summed E-state index contributed by atoms with van der Waals surface area (Å²) in [4.78, 5) is 22.3. The number of hydrogen-bond acceptors (Lipinski definition) is 3. The highest BCUT2D eigenvalue weighted by atomic mass is 35.5. The molecule has 0 aliphatic rings. The first-order chi connectivity index (χ1) is 10.1. The van der Waals surface area contributed by atoms with Gasteiger partial charge in [-0.15, -0.1) is 0 Å². The maximum absolute atomic E-state index is 11.5. The van der Waals surface area contributed by atoms with Gasteiger partial charge in [-0.2, -0.15) is 0 Å². The summed E-state index contributed by atoms with van der Waals surface area (Å²) in [6, 6.07) is 16.1. The molecule has 0 amide bonds. The number of nitro groups is 1. The van der Waals surface area contributed by atoms with E-state index in [2.05, 4.69) is 0 Å². The van der Waals surface area contributed by atoms with Crippen LogP contribution in [0, 0.1) is 10.1 Å². The van der Waals surface area contributed by atoms with Crippen molar-refractivity contribution in [1.82, 2.24) is 0 Å².